The van der Waals surface area contributed by atoms with E-state index in [-0.39, 0.29) is 0 Å². The molecule has 0 radical (unpaired) electrons. The van der Waals surface area contributed by atoms with E-state index in [2.05, 4.69) is 18.5 Å². The van der Waals surface area contributed by atoms with Crippen LogP contribution in [0.1, 0.15) is 13.8 Å². The van der Waals surface area contributed by atoms with Crippen LogP contribution in [0, 0.1) is 0 Å². The predicted octanol–water partition coefficient (Wildman–Crippen LogP) is 2.76. The highest BCUT2D eigenvalue weighted by Gasteiger charge is 2.28. The molecule has 0 saturated carbocycles. The summed E-state index contributed by atoms with van der Waals surface area (Å²) < 4.78 is 0. The maximum atomic E-state index is 11.9. The first kappa shape index (κ1) is 14.6. The highest BCUT2D eigenvalue weighted by molar-refractivity contribution is 6.18. The van der Waals surface area contributed by atoms with Crippen molar-refractivity contribution < 1.29 is 9.59 Å². The van der Waals surface area contributed by atoms with E-state index in [0.29, 0.717) is 16.7 Å². The van der Waals surface area contributed by atoms with Gasteiger partial charge in [-0.2, -0.15) is 0 Å². The van der Waals surface area contributed by atoms with E-state index in [9.17, 15) is 9.59 Å². The zero-order valence-electron chi connectivity index (χ0n) is 11.2. The van der Waals surface area contributed by atoms with Crippen LogP contribution in [0.2, 0.25) is 0 Å². The molecule has 0 fully saturated rings. The third-order valence-electron chi connectivity index (χ3n) is 2.68. The Kier molecular flexibility index (Phi) is 5.01. The van der Waals surface area contributed by atoms with E-state index in [0.717, 1.165) is 5.57 Å². The molecule has 98 valence electrons. The monoisotopic (exact) mass is 255 g/mol. The lowest BCUT2D eigenvalue weighted by atomic mass is 9.88. The van der Waals surface area contributed by atoms with Gasteiger partial charge in [0.1, 0.15) is 0 Å². The molecule has 0 bridgehead atoms. The Balaban J connectivity index is 3.64. The predicted molar refractivity (Wildman–Crippen MR) is 77.2 cm³/mol. The van der Waals surface area contributed by atoms with Crippen LogP contribution in [0.4, 0.5) is 0 Å². The van der Waals surface area contributed by atoms with Crippen LogP contribution in [0.15, 0.2) is 71.9 Å². The number of amides is 2. The zero-order chi connectivity index (χ0) is 14.4. The third kappa shape index (κ3) is 2.88. The van der Waals surface area contributed by atoms with Gasteiger partial charge in [0.25, 0.3) is 11.8 Å². The maximum Gasteiger partial charge on any atom is 0.258 e. The quantitative estimate of drug-likeness (QED) is 0.477. The molecule has 19 heavy (non-hydrogen) atoms. The van der Waals surface area contributed by atoms with E-state index in [1.807, 2.05) is 19.1 Å². The highest BCUT2D eigenvalue weighted by Crippen LogP contribution is 2.28. The summed E-state index contributed by atoms with van der Waals surface area (Å²) in [5.41, 5.74) is 2.19. The second-order valence-electron chi connectivity index (χ2n) is 3.84. The van der Waals surface area contributed by atoms with Crippen LogP contribution in [-0.4, -0.2) is 11.8 Å². The summed E-state index contributed by atoms with van der Waals surface area (Å²) in [6, 6.07) is 0. The second kappa shape index (κ2) is 6.50. The van der Waals surface area contributed by atoms with E-state index in [4.69, 9.17) is 0 Å². The fourth-order valence-electron chi connectivity index (χ4n) is 1.92. The fraction of sp³-hybridized carbons (Fsp3) is 0.125. The molecule has 3 nitrogen and oxygen atoms in total. The summed E-state index contributed by atoms with van der Waals surface area (Å²) in [6.07, 6.45) is 10.2. The zero-order valence-corrected chi connectivity index (χ0v) is 11.2. The van der Waals surface area contributed by atoms with E-state index < -0.39 is 11.8 Å². The van der Waals surface area contributed by atoms with Gasteiger partial charge in [-0.3, -0.25) is 14.9 Å². The lowest BCUT2D eigenvalue weighted by Crippen LogP contribution is -2.38. The first-order valence-corrected chi connectivity index (χ1v) is 5.95. The van der Waals surface area contributed by atoms with Gasteiger partial charge in [0.15, 0.2) is 0 Å². The summed E-state index contributed by atoms with van der Waals surface area (Å²) in [6.45, 7) is 10.9. The summed E-state index contributed by atoms with van der Waals surface area (Å²) >= 11 is 0. The average molecular weight is 255 g/mol. The molecule has 0 unspecified atom stereocenters. The van der Waals surface area contributed by atoms with Gasteiger partial charge in [0, 0.05) is 16.7 Å². The molecule has 0 atom stereocenters. The molecule has 1 rings (SSSR count). The molecular weight excluding hydrogens is 238 g/mol. The number of allylic oxidation sites excluding steroid dienone is 6. The van der Waals surface area contributed by atoms with Crippen LogP contribution in [-0.2, 0) is 9.59 Å². The summed E-state index contributed by atoms with van der Waals surface area (Å²) in [5, 5.41) is 2.30. The van der Waals surface area contributed by atoms with Crippen molar-refractivity contribution in [3.8, 4) is 0 Å². The Morgan fingerprint density at radius 3 is 2.32 bits per heavy atom. The van der Waals surface area contributed by atoms with Gasteiger partial charge in [-0.25, -0.2) is 0 Å². The van der Waals surface area contributed by atoms with Gasteiger partial charge in [-0.15, -0.1) is 0 Å². The molecule has 1 aliphatic heterocycles. The van der Waals surface area contributed by atoms with Crippen LogP contribution < -0.4 is 5.32 Å². The van der Waals surface area contributed by atoms with Gasteiger partial charge in [0.2, 0.25) is 0 Å². The average Bonchev–Trinajstić information content (AvgIpc) is 2.37. The Hall–Kier alpha value is -2.42. The Morgan fingerprint density at radius 1 is 1.16 bits per heavy atom. The molecule has 1 N–H and O–H groups in total. The molecule has 0 aromatic heterocycles. The fourth-order valence-corrected chi connectivity index (χ4v) is 1.92. The van der Waals surface area contributed by atoms with Crippen LogP contribution in [0.5, 0.6) is 0 Å². The van der Waals surface area contributed by atoms with Crippen molar-refractivity contribution in [2.75, 3.05) is 0 Å². The number of carbonyl (C=O) groups is 2. The molecule has 0 aliphatic carbocycles. The van der Waals surface area contributed by atoms with Gasteiger partial charge < -0.3 is 0 Å². The first-order chi connectivity index (χ1) is 9.10. The van der Waals surface area contributed by atoms with Crippen molar-refractivity contribution in [2.24, 2.45) is 0 Å². The van der Waals surface area contributed by atoms with E-state index in [1.54, 1.807) is 25.2 Å². The number of rotatable bonds is 4. The minimum Gasteiger partial charge on any atom is -0.288 e. The van der Waals surface area contributed by atoms with Crippen LogP contribution in [0.3, 0.4) is 0 Å². The van der Waals surface area contributed by atoms with Crippen molar-refractivity contribution in [3.05, 3.63) is 71.9 Å². The molecule has 3 heteroatoms. The number of hydrogen-bond donors (Lipinski definition) is 1. The molecule has 0 aromatic rings. The highest BCUT2D eigenvalue weighted by atomic mass is 16.2. The van der Waals surface area contributed by atoms with Gasteiger partial charge in [0.05, 0.1) is 0 Å². The van der Waals surface area contributed by atoms with Crippen LogP contribution >= 0.6 is 0 Å². The van der Waals surface area contributed by atoms with Crippen molar-refractivity contribution in [3.63, 3.8) is 0 Å². The topological polar surface area (TPSA) is 46.2 Å². The minimum atomic E-state index is -0.430. The largest absolute Gasteiger partial charge is 0.288 e. The van der Waals surface area contributed by atoms with E-state index >= 15 is 0 Å². The number of hydrogen-bond acceptors (Lipinski definition) is 2. The Labute approximate surface area is 113 Å². The molecule has 0 saturated heterocycles. The smallest absolute Gasteiger partial charge is 0.258 e. The van der Waals surface area contributed by atoms with Gasteiger partial charge in [-0.05, 0) is 19.4 Å². The molecular formula is C16H17NO2. The van der Waals surface area contributed by atoms with Gasteiger partial charge >= 0.3 is 0 Å². The maximum absolute atomic E-state index is 11.9. The minimum absolute atomic E-state index is 0.388. The third-order valence-corrected chi connectivity index (χ3v) is 2.68. The number of imide groups is 1. The van der Waals surface area contributed by atoms with Crippen molar-refractivity contribution in [1.82, 2.24) is 5.32 Å². The molecule has 1 aliphatic rings. The summed E-state index contributed by atoms with van der Waals surface area (Å²) in [7, 11) is 0. The molecule has 2 amide bonds. The van der Waals surface area contributed by atoms with Crippen molar-refractivity contribution in [2.45, 2.75) is 13.8 Å². The molecule has 0 aromatic carbocycles. The lowest BCUT2D eigenvalue weighted by Gasteiger charge is -2.21. The summed E-state index contributed by atoms with van der Waals surface area (Å²) in [5.74, 6) is -0.826. The van der Waals surface area contributed by atoms with Crippen molar-refractivity contribution >= 4 is 11.8 Å². The summed E-state index contributed by atoms with van der Waals surface area (Å²) in [4.78, 5) is 23.7. The molecule has 1 heterocycles. The standard InChI is InChI=1S/C16H17NO2/c1-5-9-11(10-6-2)14-12(7-3)15(18)17-16(19)13(14)8-4/h5-10H,1,3H2,2,4H3,(H,17,18,19)/b10-6-,11-9-,13-8+. The number of nitrogens with one attached hydrogen (secondary N) is 1. The first-order valence-electron chi connectivity index (χ1n) is 5.95. The Morgan fingerprint density at radius 2 is 1.84 bits per heavy atom. The SMILES string of the molecule is C=C/C=C(/C=C\C)C1=C(C=C)C(=O)NC(=O)/C1=C/C. The number of carbonyl (C=O) groups excluding carboxylic acids is 2. The second-order valence-corrected chi connectivity index (χ2v) is 3.84. The van der Waals surface area contributed by atoms with Gasteiger partial charge in [-0.1, -0.05) is 49.6 Å². The molecule has 0 spiro atoms. The van der Waals surface area contributed by atoms with Crippen molar-refractivity contribution in [1.29, 1.82) is 0 Å². The van der Waals surface area contributed by atoms with E-state index in [1.165, 1.54) is 6.08 Å². The van der Waals surface area contributed by atoms with Crippen LogP contribution in [0.25, 0.3) is 0 Å². The normalized spacial score (nSPS) is 19.1. The Bertz CT molecular complexity index is 557. The lowest BCUT2D eigenvalue weighted by molar-refractivity contribution is -0.126.